The van der Waals surface area contributed by atoms with Crippen LogP contribution in [0.25, 0.3) is 0 Å². The number of aliphatic hydroxyl groups excluding tert-OH is 1. The van der Waals surface area contributed by atoms with Gasteiger partial charge in [0.2, 0.25) is 0 Å². The molecule has 0 aliphatic heterocycles. The van der Waals surface area contributed by atoms with Crippen LogP contribution in [0.1, 0.15) is 52.4 Å². The van der Waals surface area contributed by atoms with E-state index in [9.17, 15) is 13.5 Å². The molecule has 0 spiro atoms. The Balaban J connectivity index is 2.65. The van der Waals surface area contributed by atoms with Crippen molar-refractivity contribution >= 4 is 10.2 Å². The smallest absolute Gasteiger partial charge is 0.279 e. The quantitative estimate of drug-likeness (QED) is 0.736. The number of nitrogens with zero attached hydrogens (tertiary/aromatic N) is 1. The molecule has 108 valence electrons. The molecular weight excluding hydrogens is 252 g/mol. The van der Waals surface area contributed by atoms with Crippen molar-refractivity contribution in [2.45, 2.75) is 64.5 Å². The van der Waals surface area contributed by atoms with E-state index in [4.69, 9.17) is 0 Å². The van der Waals surface area contributed by atoms with Gasteiger partial charge in [-0.1, -0.05) is 26.7 Å². The first kappa shape index (κ1) is 15.9. The van der Waals surface area contributed by atoms with E-state index in [1.807, 2.05) is 13.8 Å². The van der Waals surface area contributed by atoms with Crippen molar-refractivity contribution in [3.05, 3.63) is 0 Å². The van der Waals surface area contributed by atoms with E-state index in [1.54, 1.807) is 0 Å². The van der Waals surface area contributed by atoms with Crippen LogP contribution in [-0.4, -0.2) is 43.1 Å². The summed E-state index contributed by atoms with van der Waals surface area (Å²) in [6.07, 6.45) is 4.43. The SMILES string of the molecule is CCCN(CCC)S(=O)(=O)N[C@H]1CCCC[C@@H]1O. The van der Waals surface area contributed by atoms with Gasteiger partial charge < -0.3 is 5.11 Å². The second-order valence-corrected chi connectivity index (χ2v) is 6.68. The van der Waals surface area contributed by atoms with Crippen LogP contribution in [0.3, 0.4) is 0 Å². The second-order valence-electron chi connectivity index (χ2n) is 4.98. The van der Waals surface area contributed by atoms with E-state index < -0.39 is 16.3 Å². The molecule has 1 fully saturated rings. The molecule has 6 heteroatoms. The van der Waals surface area contributed by atoms with Crippen LogP contribution in [0, 0.1) is 0 Å². The molecule has 1 aliphatic rings. The van der Waals surface area contributed by atoms with Crippen LogP contribution < -0.4 is 4.72 Å². The van der Waals surface area contributed by atoms with Crippen molar-refractivity contribution < 1.29 is 13.5 Å². The maximum Gasteiger partial charge on any atom is 0.279 e. The average Bonchev–Trinajstić information content (AvgIpc) is 2.32. The summed E-state index contributed by atoms with van der Waals surface area (Å²) >= 11 is 0. The van der Waals surface area contributed by atoms with Gasteiger partial charge in [0.15, 0.2) is 0 Å². The average molecular weight is 278 g/mol. The van der Waals surface area contributed by atoms with Gasteiger partial charge in [-0.05, 0) is 25.7 Å². The molecule has 0 bridgehead atoms. The number of rotatable bonds is 7. The largest absolute Gasteiger partial charge is 0.391 e. The molecule has 2 N–H and O–H groups in total. The van der Waals surface area contributed by atoms with E-state index in [2.05, 4.69) is 4.72 Å². The second kappa shape index (κ2) is 7.43. The maximum absolute atomic E-state index is 12.2. The fourth-order valence-electron chi connectivity index (χ4n) is 2.37. The van der Waals surface area contributed by atoms with Gasteiger partial charge in [0, 0.05) is 19.1 Å². The molecule has 2 atom stereocenters. The molecular formula is C12H26N2O3S. The summed E-state index contributed by atoms with van der Waals surface area (Å²) in [5.41, 5.74) is 0. The molecule has 0 unspecified atom stereocenters. The Kier molecular flexibility index (Phi) is 6.55. The Labute approximate surface area is 111 Å². The van der Waals surface area contributed by atoms with Gasteiger partial charge in [-0.2, -0.15) is 17.4 Å². The highest BCUT2D eigenvalue weighted by Gasteiger charge is 2.29. The fourth-order valence-corrected chi connectivity index (χ4v) is 4.02. The standard InChI is InChI=1S/C12H26N2O3S/c1-3-9-14(10-4-2)18(16,17)13-11-7-5-6-8-12(11)15/h11-13,15H,3-10H2,1-2H3/t11-,12-/m0/s1. The molecule has 0 amide bonds. The minimum absolute atomic E-state index is 0.319. The van der Waals surface area contributed by atoms with Crippen molar-refractivity contribution in [1.82, 2.24) is 9.03 Å². The highest BCUT2D eigenvalue weighted by Crippen LogP contribution is 2.19. The first-order valence-electron chi connectivity index (χ1n) is 6.96. The van der Waals surface area contributed by atoms with Gasteiger partial charge in [0.05, 0.1) is 6.10 Å². The highest BCUT2D eigenvalue weighted by molar-refractivity contribution is 7.87. The summed E-state index contributed by atoms with van der Waals surface area (Å²) in [6.45, 7) is 5.00. The van der Waals surface area contributed by atoms with Crippen LogP contribution in [0.4, 0.5) is 0 Å². The van der Waals surface area contributed by atoms with Gasteiger partial charge in [-0.3, -0.25) is 0 Å². The number of hydrogen-bond donors (Lipinski definition) is 2. The van der Waals surface area contributed by atoms with Crippen molar-refractivity contribution in [1.29, 1.82) is 0 Å². The lowest BCUT2D eigenvalue weighted by atomic mass is 9.93. The maximum atomic E-state index is 12.2. The van der Waals surface area contributed by atoms with Crippen molar-refractivity contribution in [3.8, 4) is 0 Å². The molecule has 1 saturated carbocycles. The van der Waals surface area contributed by atoms with E-state index in [0.717, 1.165) is 32.1 Å². The van der Waals surface area contributed by atoms with Gasteiger partial charge in [0.1, 0.15) is 0 Å². The molecule has 0 radical (unpaired) electrons. The summed E-state index contributed by atoms with van der Waals surface area (Å²) in [7, 11) is -3.46. The van der Waals surface area contributed by atoms with E-state index in [0.29, 0.717) is 19.5 Å². The predicted molar refractivity (Wildman–Crippen MR) is 72.5 cm³/mol. The normalized spacial score (nSPS) is 25.6. The minimum Gasteiger partial charge on any atom is -0.391 e. The lowest BCUT2D eigenvalue weighted by Gasteiger charge is -2.31. The Hall–Kier alpha value is -0.170. The number of nitrogens with one attached hydrogen (secondary N) is 1. The van der Waals surface area contributed by atoms with Gasteiger partial charge in [-0.25, -0.2) is 0 Å². The van der Waals surface area contributed by atoms with Crippen molar-refractivity contribution in [2.75, 3.05) is 13.1 Å². The van der Waals surface area contributed by atoms with Crippen LogP contribution >= 0.6 is 0 Å². The Morgan fingerprint density at radius 2 is 1.72 bits per heavy atom. The van der Waals surface area contributed by atoms with Crippen molar-refractivity contribution in [2.24, 2.45) is 0 Å². The van der Waals surface area contributed by atoms with Gasteiger partial charge in [-0.15, -0.1) is 0 Å². The van der Waals surface area contributed by atoms with E-state index >= 15 is 0 Å². The summed E-state index contributed by atoms with van der Waals surface area (Å²) in [6, 6.07) is -0.319. The third kappa shape index (κ3) is 4.50. The Morgan fingerprint density at radius 3 is 2.22 bits per heavy atom. The zero-order valence-corrected chi connectivity index (χ0v) is 12.2. The summed E-state index contributed by atoms with van der Waals surface area (Å²) < 4.78 is 28.6. The molecule has 0 heterocycles. The first-order chi connectivity index (χ1) is 8.51. The molecule has 1 rings (SSSR count). The highest BCUT2D eigenvalue weighted by atomic mass is 32.2. The molecule has 0 saturated heterocycles. The Morgan fingerprint density at radius 1 is 1.17 bits per heavy atom. The third-order valence-electron chi connectivity index (χ3n) is 3.32. The number of aliphatic hydroxyl groups is 1. The Bertz CT molecular complexity index is 326. The lowest BCUT2D eigenvalue weighted by molar-refractivity contribution is 0.100. The van der Waals surface area contributed by atoms with Gasteiger partial charge >= 0.3 is 0 Å². The molecule has 5 nitrogen and oxygen atoms in total. The third-order valence-corrected chi connectivity index (χ3v) is 4.96. The lowest BCUT2D eigenvalue weighted by Crippen LogP contribution is -2.51. The van der Waals surface area contributed by atoms with Crippen LogP contribution in [-0.2, 0) is 10.2 Å². The first-order valence-corrected chi connectivity index (χ1v) is 8.40. The molecule has 0 aromatic rings. The fraction of sp³-hybridized carbons (Fsp3) is 1.00. The molecule has 18 heavy (non-hydrogen) atoms. The zero-order chi connectivity index (χ0) is 13.6. The molecule has 0 aromatic heterocycles. The summed E-state index contributed by atoms with van der Waals surface area (Å²) in [5, 5.41) is 9.83. The number of hydrogen-bond acceptors (Lipinski definition) is 3. The van der Waals surface area contributed by atoms with Crippen molar-refractivity contribution in [3.63, 3.8) is 0 Å². The zero-order valence-electron chi connectivity index (χ0n) is 11.4. The predicted octanol–water partition coefficient (Wildman–Crippen LogP) is 1.25. The van der Waals surface area contributed by atoms with Crippen LogP contribution in [0.15, 0.2) is 0 Å². The summed E-state index contributed by atoms with van der Waals surface area (Å²) in [5.74, 6) is 0. The molecule has 1 aliphatic carbocycles. The topological polar surface area (TPSA) is 69.6 Å². The van der Waals surface area contributed by atoms with E-state index in [1.165, 1.54) is 4.31 Å². The minimum atomic E-state index is -3.46. The summed E-state index contributed by atoms with van der Waals surface area (Å²) in [4.78, 5) is 0. The van der Waals surface area contributed by atoms with Gasteiger partial charge in [0.25, 0.3) is 10.2 Å². The monoisotopic (exact) mass is 278 g/mol. The van der Waals surface area contributed by atoms with E-state index in [-0.39, 0.29) is 6.04 Å². The van der Waals surface area contributed by atoms with Crippen LogP contribution in [0.2, 0.25) is 0 Å². The molecule has 0 aromatic carbocycles. The van der Waals surface area contributed by atoms with Crippen LogP contribution in [0.5, 0.6) is 0 Å².